The molecule has 2 aromatic rings. The van der Waals surface area contributed by atoms with E-state index in [0.29, 0.717) is 19.2 Å². The number of imidazole rings is 1. The van der Waals surface area contributed by atoms with E-state index in [1.165, 1.54) is 0 Å². The Hall–Kier alpha value is -0.940. The van der Waals surface area contributed by atoms with Gasteiger partial charge < -0.3 is 14.0 Å². The molecule has 0 bridgehead atoms. The smallest absolute Gasteiger partial charge is 0.289 e. The molecule has 0 unspecified atom stereocenters. The van der Waals surface area contributed by atoms with Gasteiger partial charge in [-0.25, -0.2) is 4.98 Å². The molecule has 0 aliphatic heterocycles. The average Bonchev–Trinajstić information content (AvgIpc) is 2.70. The van der Waals surface area contributed by atoms with Crippen LogP contribution in [0, 0.1) is 0 Å². The summed E-state index contributed by atoms with van der Waals surface area (Å²) in [6.45, 7) is 2.28. The second-order valence-electron chi connectivity index (χ2n) is 3.55. The zero-order chi connectivity index (χ0) is 13.0. The largest absolute Gasteiger partial charge is 0.324 e. The predicted octanol–water partition coefficient (Wildman–Crippen LogP) is 3.27. The molecule has 2 N–H and O–H groups in total. The number of nitrogens with one attached hydrogen (secondary N) is 2. The minimum atomic E-state index is -2.51. The van der Waals surface area contributed by atoms with Gasteiger partial charge in [0.1, 0.15) is 0 Å². The molecular formula is C11H16N3O2PS. The molecule has 0 atom stereocenters. The number of hydrogen-bond donors (Lipinski definition) is 2. The third kappa shape index (κ3) is 3.09. The highest BCUT2D eigenvalue weighted by atomic mass is 32.5. The van der Waals surface area contributed by atoms with Crippen LogP contribution in [0.4, 0.5) is 5.95 Å². The zero-order valence-corrected chi connectivity index (χ0v) is 12.1. The Balaban J connectivity index is 2.23. The summed E-state index contributed by atoms with van der Waals surface area (Å²) in [6, 6.07) is 7.78. The number of fused-ring (bicyclic) bond motifs is 1. The molecule has 0 saturated heterocycles. The van der Waals surface area contributed by atoms with Gasteiger partial charge in [-0.15, -0.1) is 0 Å². The fourth-order valence-electron chi connectivity index (χ4n) is 1.58. The van der Waals surface area contributed by atoms with Crippen LogP contribution in [0.15, 0.2) is 24.3 Å². The van der Waals surface area contributed by atoms with Crippen LogP contribution in [0.3, 0.4) is 0 Å². The lowest BCUT2D eigenvalue weighted by molar-refractivity contribution is 0.270. The Morgan fingerprint density at radius 2 is 1.94 bits per heavy atom. The topological polar surface area (TPSA) is 59.2 Å². The molecule has 0 spiro atoms. The number of para-hydroxylation sites is 2. The van der Waals surface area contributed by atoms with E-state index in [2.05, 4.69) is 15.1 Å². The van der Waals surface area contributed by atoms with Gasteiger partial charge in [-0.2, -0.15) is 0 Å². The van der Waals surface area contributed by atoms with E-state index in [1.54, 1.807) is 0 Å². The Bertz CT molecular complexity index is 529. The van der Waals surface area contributed by atoms with E-state index in [9.17, 15) is 0 Å². The normalized spacial score (nSPS) is 11.9. The zero-order valence-electron chi connectivity index (χ0n) is 10.3. The minimum absolute atomic E-state index is 0.504. The summed E-state index contributed by atoms with van der Waals surface area (Å²) >= 11 is 5.38. The molecule has 1 aromatic carbocycles. The SMILES string of the molecule is CCOP(=S)(Nc1nc2ccccc2[nH]1)OCC. The fourth-order valence-corrected chi connectivity index (χ4v) is 3.72. The lowest BCUT2D eigenvalue weighted by Gasteiger charge is -2.20. The molecule has 0 aliphatic carbocycles. The Kier molecular flexibility index (Phi) is 4.35. The van der Waals surface area contributed by atoms with E-state index in [4.69, 9.17) is 20.9 Å². The molecule has 0 radical (unpaired) electrons. The van der Waals surface area contributed by atoms with E-state index >= 15 is 0 Å². The Morgan fingerprint density at radius 1 is 1.28 bits per heavy atom. The van der Waals surface area contributed by atoms with Crippen LogP contribution in [-0.2, 0) is 20.9 Å². The summed E-state index contributed by atoms with van der Waals surface area (Å²) in [5.74, 6) is 0.585. The number of benzene rings is 1. The van der Waals surface area contributed by atoms with Crippen molar-refractivity contribution in [1.82, 2.24) is 9.97 Å². The third-order valence-corrected chi connectivity index (χ3v) is 4.82. The van der Waals surface area contributed by atoms with Crippen molar-refractivity contribution in [2.75, 3.05) is 18.3 Å². The van der Waals surface area contributed by atoms with Crippen LogP contribution in [0.1, 0.15) is 13.8 Å². The maximum atomic E-state index is 5.50. The molecule has 0 aliphatic rings. The molecule has 0 amide bonds. The second-order valence-corrected chi connectivity index (χ2v) is 6.72. The molecule has 2 rings (SSSR count). The number of rotatable bonds is 6. The highest BCUT2D eigenvalue weighted by Crippen LogP contribution is 2.47. The maximum absolute atomic E-state index is 5.50. The van der Waals surface area contributed by atoms with Gasteiger partial charge in [0.05, 0.1) is 24.2 Å². The van der Waals surface area contributed by atoms with Gasteiger partial charge in [0.15, 0.2) is 0 Å². The highest BCUT2D eigenvalue weighted by Gasteiger charge is 2.19. The maximum Gasteiger partial charge on any atom is 0.289 e. The van der Waals surface area contributed by atoms with E-state index < -0.39 is 6.64 Å². The molecule has 0 fully saturated rings. The summed E-state index contributed by atoms with van der Waals surface area (Å²) in [5, 5.41) is 3.06. The van der Waals surface area contributed by atoms with Gasteiger partial charge in [0.25, 0.3) is 6.64 Å². The quantitative estimate of drug-likeness (QED) is 0.798. The summed E-state index contributed by atoms with van der Waals surface area (Å²) in [4.78, 5) is 7.54. The summed E-state index contributed by atoms with van der Waals surface area (Å²) in [5.41, 5.74) is 1.84. The lowest BCUT2D eigenvalue weighted by Crippen LogP contribution is -2.05. The van der Waals surface area contributed by atoms with Crippen molar-refractivity contribution in [3.05, 3.63) is 24.3 Å². The lowest BCUT2D eigenvalue weighted by atomic mass is 10.3. The summed E-state index contributed by atoms with van der Waals surface area (Å²) < 4.78 is 11.0. The van der Waals surface area contributed by atoms with Crippen LogP contribution >= 0.6 is 6.64 Å². The van der Waals surface area contributed by atoms with E-state index in [-0.39, 0.29) is 0 Å². The van der Waals surface area contributed by atoms with Crippen molar-refractivity contribution in [3.8, 4) is 0 Å². The van der Waals surface area contributed by atoms with Crippen molar-refractivity contribution in [1.29, 1.82) is 0 Å². The first-order valence-electron chi connectivity index (χ1n) is 5.79. The molecule has 7 heteroatoms. The summed E-state index contributed by atoms with van der Waals surface area (Å²) in [7, 11) is 0. The first-order chi connectivity index (χ1) is 8.67. The van der Waals surface area contributed by atoms with Crippen LogP contribution in [0.2, 0.25) is 0 Å². The van der Waals surface area contributed by atoms with E-state index in [1.807, 2.05) is 38.1 Å². The molecular weight excluding hydrogens is 269 g/mol. The minimum Gasteiger partial charge on any atom is -0.324 e. The Morgan fingerprint density at radius 3 is 2.56 bits per heavy atom. The van der Waals surface area contributed by atoms with Crippen molar-refractivity contribution in [2.24, 2.45) is 0 Å². The predicted molar refractivity (Wildman–Crippen MR) is 77.3 cm³/mol. The fraction of sp³-hybridized carbons (Fsp3) is 0.364. The van der Waals surface area contributed by atoms with Crippen molar-refractivity contribution >= 4 is 35.4 Å². The molecule has 1 heterocycles. The number of H-pyrrole nitrogens is 1. The molecule has 98 valence electrons. The number of aromatic nitrogens is 2. The van der Waals surface area contributed by atoms with Gasteiger partial charge in [0, 0.05) is 0 Å². The van der Waals surface area contributed by atoms with Crippen molar-refractivity contribution in [3.63, 3.8) is 0 Å². The Labute approximate surface area is 111 Å². The standard InChI is InChI=1S/C11H16N3O2PS/c1-3-15-17(18,16-4-2)14-11-12-9-7-5-6-8-10(9)13-11/h5-8H,3-4H2,1-2H3,(H2,12,13,14,18). The first-order valence-corrected chi connectivity index (χ1v) is 8.43. The molecule has 18 heavy (non-hydrogen) atoms. The van der Waals surface area contributed by atoms with Gasteiger partial charge in [-0.1, -0.05) is 12.1 Å². The van der Waals surface area contributed by atoms with Crippen molar-refractivity contribution in [2.45, 2.75) is 13.8 Å². The van der Waals surface area contributed by atoms with Crippen LogP contribution in [-0.4, -0.2) is 23.2 Å². The number of hydrogen-bond acceptors (Lipinski definition) is 4. The second kappa shape index (κ2) is 5.80. The molecule has 5 nitrogen and oxygen atoms in total. The van der Waals surface area contributed by atoms with Gasteiger partial charge >= 0.3 is 0 Å². The van der Waals surface area contributed by atoms with Crippen LogP contribution < -0.4 is 5.09 Å². The molecule has 1 aromatic heterocycles. The average molecular weight is 285 g/mol. The van der Waals surface area contributed by atoms with Gasteiger partial charge in [0.2, 0.25) is 5.95 Å². The monoisotopic (exact) mass is 285 g/mol. The van der Waals surface area contributed by atoms with Gasteiger partial charge in [-0.3, -0.25) is 5.09 Å². The van der Waals surface area contributed by atoms with Crippen LogP contribution in [0.25, 0.3) is 11.0 Å². The van der Waals surface area contributed by atoms with Crippen molar-refractivity contribution < 1.29 is 9.05 Å². The third-order valence-electron chi connectivity index (χ3n) is 2.23. The number of aromatic amines is 1. The number of nitrogens with zero attached hydrogens (tertiary/aromatic N) is 1. The first kappa shape index (κ1) is 13.5. The van der Waals surface area contributed by atoms with Gasteiger partial charge in [-0.05, 0) is 37.8 Å². The molecule has 0 saturated carbocycles. The summed E-state index contributed by atoms with van der Waals surface area (Å²) in [6.07, 6.45) is 0. The highest BCUT2D eigenvalue weighted by molar-refractivity contribution is 8.10. The number of anilines is 1. The van der Waals surface area contributed by atoms with E-state index in [0.717, 1.165) is 11.0 Å². The van der Waals surface area contributed by atoms with Crippen LogP contribution in [0.5, 0.6) is 0 Å².